The fourth-order valence-corrected chi connectivity index (χ4v) is 6.64. The summed E-state index contributed by atoms with van der Waals surface area (Å²) in [5, 5.41) is 10.1. The molecule has 1 N–H and O–H groups in total. The molecule has 0 bridgehead atoms. The smallest absolute Gasteiger partial charge is 0.157 e. The molecule has 182 valence electrons. The number of benzene rings is 3. The van der Waals surface area contributed by atoms with E-state index in [-0.39, 0.29) is 0 Å². The first-order valence-corrected chi connectivity index (χ1v) is 13.4. The highest BCUT2D eigenvalue weighted by molar-refractivity contribution is 5.86. The topological polar surface area (TPSA) is 48.8 Å². The molecule has 5 aromatic rings. The molecule has 0 atom stereocenters. The molecule has 0 amide bonds. The minimum Gasteiger partial charge on any atom is -0.346 e. The van der Waals surface area contributed by atoms with Crippen molar-refractivity contribution in [1.29, 1.82) is 5.26 Å². The van der Waals surface area contributed by atoms with Gasteiger partial charge in [0.2, 0.25) is 0 Å². The lowest BCUT2D eigenvalue weighted by atomic mass is 9.96. The summed E-state index contributed by atoms with van der Waals surface area (Å²) >= 11 is 0. The van der Waals surface area contributed by atoms with Crippen LogP contribution in [0.25, 0.3) is 16.7 Å². The molecule has 5 nitrogen and oxygen atoms in total. The van der Waals surface area contributed by atoms with Gasteiger partial charge in [-0.2, -0.15) is 5.26 Å². The van der Waals surface area contributed by atoms with Gasteiger partial charge in [0.15, 0.2) is 5.65 Å². The lowest BCUT2D eigenvalue weighted by Gasteiger charge is -2.39. The zero-order valence-electron chi connectivity index (χ0n) is 20.9. The van der Waals surface area contributed by atoms with Gasteiger partial charge in [0.25, 0.3) is 0 Å². The van der Waals surface area contributed by atoms with E-state index in [4.69, 9.17) is 4.98 Å². The van der Waals surface area contributed by atoms with Crippen LogP contribution < -0.4 is 9.80 Å². The first kappa shape index (κ1) is 22.1. The summed E-state index contributed by atoms with van der Waals surface area (Å²) in [6.45, 7) is 4.06. The molecule has 37 heavy (non-hydrogen) atoms. The van der Waals surface area contributed by atoms with E-state index in [9.17, 15) is 5.26 Å². The molecule has 1 fully saturated rings. The maximum absolute atomic E-state index is 10.1. The lowest BCUT2D eigenvalue weighted by Crippen LogP contribution is -3.15. The molecular formula is C32H30N5+. The number of hydrogen-bond donors (Lipinski definition) is 1. The van der Waals surface area contributed by atoms with E-state index in [1.807, 2.05) is 6.07 Å². The molecule has 2 aromatic heterocycles. The molecule has 0 radical (unpaired) electrons. The highest BCUT2D eigenvalue weighted by atomic mass is 15.3. The number of pyridine rings is 1. The van der Waals surface area contributed by atoms with Gasteiger partial charge in [-0.3, -0.25) is 4.40 Å². The van der Waals surface area contributed by atoms with E-state index >= 15 is 0 Å². The Morgan fingerprint density at radius 3 is 2.08 bits per heavy atom. The number of piperazine rings is 1. The van der Waals surface area contributed by atoms with Crippen LogP contribution in [0.4, 0.5) is 5.82 Å². The monoisotopic (exact) mass is 484 g/mol. The van der Waals surface area contributed by atoms with Crippen molar-refractivity contribution in [3.8, 4) is 6.07 Å². The second kappa shape index (κ2) is 9.06. The molecule has 0 unspecified atom stereocenters. The van der Waals surface area contributed by atoms with E-state index in [0.29, 0.717) is 6.04 Å². The summed E-state index contributed by atoms with van der Waals surface area (Å²) in [7, 11) is 0. The van der Waals surface area contributed by atoms with Crippen LogP contribution in [0.1, 0.15) is 40.3 Å². The summed E-state index contributed by atoms with van der Waals surface area (Å²) < 4.78 is 2.29. The Morgan fingerprint density at radius 1 is 0.784 bits per heavy atom. The van der Waals surface area contributed by atoms with Crippen LogP contribution in [0.3, 0.4) is 0 Å². The van der Waals surface area contributed by atoms with Crippen molar-refractivity contribution in [3.63, 3.8) is 0 Å². The lowest BCUT2D eigenvalue weighted by molar-refractivity contribution is -0.926. The van der Waals surface area contributed by atoms with Crippen LogP contribution in [-0.4, -0.2) is 35.6 Å². The average molecular weight is 485 g/mol. The SMILES string of the molecule is N#Cc1c2c(c(N3CC[NH+](C(c4ccccc4)c4ccccc4)CC3)n3c1nc1ccccc13)CCC2. The van der Waals surface area contributed by atoms with Crippen LogP contribution in [-0.2, 0) is 12.8 Å². The number of imidazole rings is 1. The zero-order chi connectivity index (χ0) is 24.8. The Kier molecular flexibility index (Phi) is 5.41. The van der Waals surface area contributed by atoms with Gasteiger partial charge in [0.1, 0.15) is 17.9 Å². The summed E-state index contributed by atoms with van der Waals surface area (Å²) in [5.74, 6) is 1.27. The first-order chi connectivity index (χ1) is 18.3. The average Bonchev–Trinajstić information content (AvgIpc) is 3.59. The van der Waals surface area contributed by atoms with E-state index < -0.39 is 0 Å². The molecule has 2 aliphatic rings. The van der Waals surface area contributed by atoms with Gasteiger partial charge in [0, 0.05) is 11.1 Å². The Hall–Kier alpha value is -4.14. The standard InChI is InChI=1S/C32H29N5/c33-22-27-25-14-9-15-26(25)32(37-29-17-8-7-16-28(29)34-31(27)37)36-20-18-35(19-21-36)30(23-10-3-1-4-11-23)24-12-5-2-6-13-24/h1-8,10-13,16-17,30H,9,14-15,18-21H2/p+1. The maximum atomic E-state index is 10.1. The molecule has 7 rings (SSSR count). The Morgan fingerprint density at radius 2 is 1.41 bits per heavy atom. The number of fused-ring (bicyclic) bond motifs is 4. The van der Waals surface area contributed by atoms with Gasteiger partial charge >= 0.3 is 0 Å². The number of aromatic nitrogens is 2. The minimum atomic E-state index is 0.324. The predicted molar refractivity (Wildman–Crippen MR) is 147 cm³/mol. The van der Waals surface area contributed by atoms with E-state index in [1.54, 1.807) is 4.90 Å². The van der Waals surface area contributed by atoms with E-state index in [1.165, 1.54) is 28.1 Å². The number of nitriles is 1. The minimum absolute atomic E-state index is 0.324. The maximum Gasteiger partial charge on any atom is 0.157 e. The van der Waals surface area contributed by atoms with E-state index in [2.05, 4.69) is 94.2 Å². The van der Waals surface area contributed by atoms with Crippen molar-refractivity contribution >= 4 is 22.5 Å². The normalized spacial score (nSPS) is 15.9. The van der Waals surface area contributed by atoms with Crippen molar-refractivity contribution in [1.82, 2.24) is 9.38 Å². The number of rotatable bonds is 4. The molecule has 1 aliphatic heterocycles. The molecule has 1 saturated heterocycles. The highest BCUT2D eigenvalue weighted by Gasteiger charge is 2.34. The fourth-order valence-electron chi connectivity index (χ4n) is 6.64. The molecule has 0 saturated carbocycles. The quantitative estimate of drug-likeness (QED) is 0.413. The van der Waals surface area contributed by atoms with Gasteiger partial charge in [-0.25, -0.2) is 4.98 Å². The summed E-state index contributed by atoms with van der Waals surface area (Å²) in [6.07, 6.45) is 3.11. The number of nitrogens with one attached hydrogen (secondary N) is 1. The molecule has 5 heteroatoms. The molecular weight excluding hydrogens is 454 g/mol. The Balaban J connectivity index is 1.29. The zero-order valence-corrected chi connectivity index (χ0v) is 20.9. The predicted octanol–water partition coefficient (Wildman–Crippen LogP) is 4.34. The summed E-state index contributed by atoms with van der Waals surface area (Å²) in [5.41, 5.74) is 8.98. The second-order valence-electron chi connectivity index (χ2n) is 10.3. The van der Waals surface area contributed by atoms with Crippen molar-refractivity contribution in [2.75, 3.05) is 31.1 Å². The molecule has 1 aliphatic carbocycles. The van der Waals surface area contributed by atoms with Crippen LogP contribution in [0.5, 0.6) is 0 Å². The number of anilines is 1. The molecule has 0 spiro atoms. The van der Waals surface area contributed by atoms with E-state index in [0.717, 1.165) is 67.7 Å². The van der Waals surface area contributed by atoms with Gasteiger partial charge < -0.3 is 9.80 Å². The fraction of sp³-hybridized carbons (Fsp3) is 0.250. The third-order valence-corrected chi connectivity index (χ3v) is 8.28. The van der Waals surface area contributed by atoms with Gasteiger partial charge in [-0.05, 0) is 42.5 Å². The summed E-state index contributed by atoms with van der Waals surface area (Å²) in [6, 6.07) is 33.0. The number of nitrogens with zero attached hydrogens (tertiary/aromatic N) is 4. The third kappa shape index (κ3) is 3.60. The Labute approximate surface area is 217 Å². The first-order valence-electron chi connectivity index (χ1n) is 13.4. The van der Waals surface area contributed by atoms with Crippen molar-refractivity contribution in [2.24, 2.45) is 0 Å². The van der Waals surface area contributed by atoms with Crippen molar-refractivity contribution in [2.45, 2.75) is 25.3 Å². The van der Waals surface area contributed by atoms with Crippen LogP contribution in [0.2, 0.25) is 0 Å². The van der Waals surface area contributed by atoms with Gasteiger partial charge in [-0.15, -0.1) is 0 Å². The second-order valence-corrected chi connectivity index (χ2v) is 10.3. The number of quaternary nitrogens is 1. The molecule has 3 aromatic carbocycles. The number of hydrogen-bond acceptors (Lipinski definition) is 3. The molecule has 3 heterocycles. The van der Waals surface area contributed by atoms with Crippen LogP contribution in [0, 0.1) is 11.3 Å². The van der Waals surface area contributed by atoms with Gasteiger partial charge in [-0.1, -0.05) is 72.8 Å². The Bertz CT molecular complexity index is 1580. The van der Waals surface area contributed by atoms with Crippen molar-refractivity contribution < 1.29 is 4.90 Å². The largest absolute Gasteiger partial charge is 0.346 e. The van der Waals surface area contributed by atoms with Gasteiger partial charge in [0.05, 0.1) is 42.8 Å². The summed E-state index contributed by atoms with van der Waals surface area (Å²) in [4.78, 5) is 9.12. The number of para-hydroxylation sites is 2. The van der Waals surface area contributed by atoms with Crippen LogP contribution >= 0.6 is 0 Å². The van der Waals surface area contributed by atoms with Crippen LogP contribution in [0.15, 0.2) is 84.9 Å². The third-order valence-electron chi connectivity index (χ3n) is 8.28. The highest BCUT2D eigenvalue weighted by Crippen LogP contribution is 2.38. The van der Waals surface area contributed by atoms with Crippen molar-refractivity contribution in [3.05, 3.63) is 113 Å².